The maximum atomic E-state index is 13.9. The molecule has 1 unspecified atom stereocenters. The fraction of sp³-hybridized carbons (Fsp3) is 0.182. The van der Waals surface area contributed by atoms with E-state index in [4.69, 9.17) is 32.7 Å². The number of aryl methyl sites for hydroxylation is 1. The van der Waals surface area contributed by atoms with E-state index in [9.17, 15) is 14.7 Å². The standard InChI is InChI=1S/C33H27Cl2N5O5S2/c1-4-14-45-23-12-10-19(15-24(23)44-5-2)28-26(29(41)27-18(3)36-25-8-6-7-13-39(25)27)30(42)31(43)40(28)32-37-38-33(47-32)46-17-20-9-11-21(34)16-22(20)35/h4,6-13,15-16,28,41H,1,5,14,17H2,2-3H3. The number of ether oxygens (including phenoxy) is 2. The third-order valence-electron chi connectivity index (χ3n) is 7.28. The molecule has 2 aromatic carbocycles. The fourth-order valence-electron chi connectivity index (χ4n) is 5.24. The maximum absolute atomic E-state index is 13.9. The Hall–Kier alpha value is -4.36. The summed E-state index contributed by atoms with van der Waals surface area (Å²) in [6, 6.07) is 14.7. The van der Waals surface area contributed by atoms with Crippen molar-refractivity contribution in [2.45, 2.75) is 30.0 Å². The second-order valence-corrected chi connectivity index (χ2v) is 13.3. The highest BCUT2D eigenvalue weighted by molar-refractivity contribution is 8.00. The van der Waals surface area contributed by atoms with E-state index < -0.39 is 17.7 Å². The lowest BCUT2D eigenvalue weighted by atomic mass is 9.96. The van der Waals surface area contributed by atoms with Gasteiger partial charge in [0.1, 0.15) is 17.9 Å². The first-order valence-corrected chi connectivity index (χ1v) is 16.9. The van der Waals surface area contributed by atoms with Crippen molar-refractivity contribution < 1.29 is 24.2 Å². The minimum Gasteiger partial charge on any atom is -0.505 e. The molecule has 3 aromatic heterocycles. The van der Waals surface area contributed by atoms with Gasteiger partial charge in [-0.1, -0.05) is 77.2 Å². The summed E-state index contributed by atoms with van der Waals surface area (Å²) >= 11 is 14.9. The van der Waals surface area contributed by atoms with Gasteiger partial charge in [0.05, 0.1) is 23.9 Å². The van der Waals surface area contributed by atoms with Crippen molar-refractivity contribution in [3.05, 3.63) is 112 Å². The first kappa shape index (κ1) is 32.6. The van der Waals surface area contributed by atoms with Crippen molar-refractivity contribution in [2.24, 2.45) is 0 Å². The number of amides is 1. The molecule has 14 heteroatoms. The van der Waals surface area contributed by atoms with Crippen molar-refractivity contribution in [3.63, 3.8) is 0 Å². The van der Waals surface area contributed by atoms with E-state index >= 15 is 0 Å². The summed E-state index contributed by atoms with van der Waals surface area (Å²) < 4.78 is 13.9. The summed E-state index contributed by atoms with van der Waals surface area (Å²) in [5, 5.41) is 21.7. The molecule has 1 N–H and O–H groups in total. The molecule has 5 aromatic rings. The number of nitrogens with zero attached hydrogens (tertiary/aromatic N) is 5. The number of ketones is 1. The Morgan fingerprint density at radius 3 is 2.70 bits per heavy atom. The number of hydrogen-bond donors (Lipinski definition) is 1. The molecule has 1 aliphatic rings. The lowest BCUT2D eigenvalue weighted by Crippen LogP contribution is -2.29. The summed E-state index contributed by atoms with van der Waals surface area (Å²) in [4.78, 5) is 33.5. The van der Waals surface area contributed by atoms with E-state index in [-0.39, 0.29) is 23.1 Å². The van der Waals surface area contributed by atoms with Gasteiger partial charge in [0, 0.05) is 22.0 Å². The molecule has 240 valence electrons. The van der Waals surface area contributed by atoms with E-state index in [1.54, 1.807) is 66.1 Å². The maximum Gasteiger partial charge on any atom is 0.301 e. The number of fused-ring (bicyclic) bond motifs is 1. The van der Waals surface area contributed by atoms with Gasteiger partial charge in [-0.25, -0.2) is 4.98 Å². The number of benzene rings is 2. The lowest BCUT2D eigenvalue weighted by molar-refractivity contribution is -0.132. The molecular formula is C33H27Cl2N5O5S2. The second kappa shape index (κ2) is 13.8. The number of Topliss-reactive ketones (excluding diaryl/α,β-unsaturated/α-hetero) is 1. The number of thioether (sulfide) groups is 1. The molecule has 1 atom stereocenters. The summed E-state index contributed by atoms with van der Waals surface area (Å²) in [6.07, 6.45) is 3.35. The molecule has 4 heterocycles. The quantitative estimate of drug-likeness (QED) is 0.0368. The zero-order valence-electron chi connectivity index (χ0n) is 25.1. The zero-order valence-corrected chi connectivity index (χ0v) is 28.3. The van der Waals surface area contributed by atoms with Crippen LogP contribution in [0.25, 0.3) is 11.4 Å². The number of carbonyl (C=O) groups is 2. The number of aromatic nitrogens is 4. The Morgan fingerprint density at radius 1 is 1.11 bits per heavy atom. The predicted molar refractivity (Wildman–Crippen MR) is 184 cm³/mol. The third-order valence-corrected chi connectivity index (χ3v) is 9.97. The highest BCUT2D eigenvalue weighted by atomic mass is 35.5. The number of halogens is 2. The third kappa shape index (κ3) is 6.33. The van der Waals surface area contributed by atoms with E-state index in [1.807, 2.05) is 19.1 Å². The lowest BCUT2D eigenvalue weighted by Gasteiger charge is -2.23. The van der Waals surface area contributed by atoms with Crippen LogP contribution >= 0.6 is 46.3 Å². The first-order chi connectivity index (χ1) is 22.7. The van der Waals surface area contributed by atoms with Crippen LogP contribution in [0.2, 0.25) is 10.0 Å². The van der Waals surface area contributed by atoms with Crippen LogP contribution in [0.15, 0.2) is 83.4 Å². The molecule has 6 rings (SSSR count). The topological polar surface area (TPSA) is 119 Å². The number of hydrogen-bond acceptors (Lipinski definition) is 10. The molecule has 0 saturated carbocycles. The van der Waals surface area contributed by atoms with Crippen molar-refractivity contribution >= 4 is 74.5 Å². The summed E-state index contributed by atoms with van der Waals surface area (Å²) in [7, 11) is 0. The second-order valence-electron chi connectivity index (χ2n) is 10.3. The van der Waals surface area contributed by atoms with Crippen LogP contribution in [0.4, 0.5) is 5.13 Å². The molecule has 1 fully saturated rings. The van der Waals surface area contributed by atoms with Crippen LogP contribution in [-0.2, 0) is 15.3 Å². The van der Waals surface area contributed by atoms with Crippen molar-refractivity contribution in [1.82, 2.24) is 19.6 Å². The molecule has 0 radical (unpaired) electrons. The monoisotopic (exact) mass is 707 g/mol. The molecule has 10 nitrogen and oxygen atoms in total. The largest absolute Gasteiger partial charge is 0.505 e. The van der Waals surface area contributed by atoms with Crippen LogP contribution in [-0.4, -0.2) is 49.6 Å². The Kier molecular flexibility index (Phi) is 9.55. The molecule has 0 aliphatic carbocycles. The number of aliphatic hydroxyl groups is 1. The van der Waals surface area contributed by atoms with Gasteiger partial charge in [-0.3, -0.25) is 18.9 Å². The number of carbonyl (C=O) groups excluding carboxylic acids is 2. The van der Waals surface area contributed by atoms with Gasteiger partial charge >= 0.3 is 5.91 Å². The van der Waals surface area contributed by atoms with Crippen LogP contribution in [0.1, 0.15) is 35.5 Å². The number of imidazole rings is 1. The van der Waals surface area contributed by atoms with Crippen molar-refractivity contribution in [2.75, 3.05) is 18.1 Å². The van der Waals surface area contributed by atoms with Crippen LogP contribution in [0, 0.1) is 6.92 Å². The minimum absolute atomic E-state index is 0.122. The summed E-state index contributed by atoms with van der Waals surface area (Å²) in [5.74, 6) is -0.767. The number of anilines is 1. The SMILES string of the molecule is C=CCOc1ccc(C2C(=C(O)c3c(C)nc4ccccn34)C(=O)C(=O)N2c2nnc(SCc3ccc(Cl)cc3Cl)s2)cc1OCC. The smallest absolute Gasteiger partial charge is 0.301 e. The van der Waals surface area contributed by atoms with Gasteiger partial charge < -0.3 is 14.6 Å². The Balaban J connectivity index is 1.46. The predicted octanol–water partition coefficient (Wildman–Crippen LogP) is 7.68. The zero-order chi connectivity index (χ0) is 33.2. The van der Waals surface area contributed by atoms with Gasteiger partial charge in [-0.15, -0.1) is 10.2 Å². The van der Waals surface area contributed by atoms with E-state index in [0.717, 1.165) is 16.9 Å². The van der Waals surface area contributed by atoms with Crippen LogP contribution in [0.5, 0.6) is 11.5 Å². The molecule has 0 bridgehead atoms. The normalized spacial score (nSPS) is 15.8. The minimum atomic E-state index is -1.08. The van der Waals surface area contributed by atoms with E-state index in [0.29, 0.717) is 60.8 Å². The Labute approximate surface area is 288 Å². The van der Waals surface area contributed by atoms with Crippen molar-refractivity contribution in [1.29, 1.82) is 0 Å². The highest BCUT2D eigenvalue weighted by Crippen LogP contribution is 2.46. The average Bonchev–Trinajstić information content (AvgIpc) is 3.73. The molecule has 0 spiro atoms. The Morgan fingerprint density at radius 2 is 1.94 bits per heavy atom. The van der Waals surface area contributed by atoms with Crippen molar-refractivity contribution in [3.8, 4) is 11.5 Å². The number of pyridine rings is 1. The molecule has 1 aliphatic heterocycles. The highest BCUT2D eigenvalue weighted by Gasteiger charge is 2.49. The number of aliphatic hydroxyl groups excluding tert-OH is 1. The van der Waals surface area contributed by atoms with Gasteiger partial charge in [-0.2, -0.15) is 0 Å². The Bertz CT molecular complexity index is 2060. The van der Waals surface area contributed by atoms with E-state index in [2.05, 4.69) is 21.8 Å². The van der Waals surface area contributed by atoms with Crippen LogP contribution in [0.3, 0.4) is 0 Å². The van der Waals surface area contributed by atoms with Gasteiger partial charge in [-0.05, 0) is 61.4 Å². The summed E-state index contributed by atoms with van der Waals surface area (Å²) in [6.45, 7) is 7.85. The van der Waals surface area contributed by atoms with Gasteiger partial charge in [0.15, 0.2) is 21.6 Å². The van der Waals surface area contributed by atoms with Gasteiger partial charge in [0.2, 0.25) is 5.13 Å². The molecule has 47 heavy (non-hydrogen) atoms. The summed E-state index contributed by atoms with van der Waals surface area (Å²) in [5.41, 5.74) is 2.58. The average molecular weight is 709 g/mol. The molecule has 1 saturated heterocycles. The molecular weight excluding hydrogens is 681 g/mol. The van der Waals surface area contributed by atoms with Gasteiger partial charge in [0.25, 0.3) is 5.78 Å². The first-order valence-electron chi connectivity index (χ1n) is 14.4. The molecule has 1 amide bonds. The van der Waals surface area contributed by atoms with E-state index in [1.165, 1.54) is 16.7 Å². The fourth-order valence-corrected chi connectivity index (χ4v) is 7.67. The number of rotatable bonds is 11. The van der Waals surface area contributed by atoms with Crippen LogP contribution < -0.4 is 14.4 Å².